The lowest BCUT2D eigenvalue weighted by Crippen LogP contribution is -2.63. The molecule has 1 aromatic carbocycles. The first kappa shape index (κ1) is 18.3. The van der Waals surface area contributed by atoms with Gasteiger partial charge in [-0.2, -0.15) is 0 Å². The second-order valence-electron chi connectivity index (χ2n) is 8.81. The zero-order valence-corrected chi connectivity index (χ0v) is 16.5. The third kappa shape index (κ3) is 3.55. The number of hydrogen-bond acceptors (Lipinski definition) is 4. The van der Waals surface area contributed by atoms with Crippen LogP contribution in [0.1, 0.15) is 39.2 Å². The Morgan fingerprint density at radius 1 is 1.11 bits per heavy atom. The lowest BCUT2D eigenvalue weighted by molar-refractivity contribution is -0.126. The van der Waals surface area contributed by atoms with Crippen molar-refractivity contribution in [3.63, 3.8) is 0 Å². The summed E-state index contributed by atoms with van der Waals surface area (Å²) in [6, 6.07) is 7.90. The topological polar surface area (TPSA) is 53.1 Å². The van der Waals surface area contributed by atoms with Crippen molar-refractivity contribution in [2.24, 2.45) is 0 Å². The predicted octanol–water partition coefficient (Wildman–Crippen LogP) is 2.66. The van der Waals surface area contributed by atoms with Crippen LogP contribution >= 0.6 is 0 Å². The van der Waals surface area contributed by atoms with Crippen molar-refractivity contribution in [1.29, 1.82) is 0 Å². The van der Waals surface area contributed by atoms with Crippen LogP contribution in [-0.2, 0) is 16.0 Å². The van der Waals surface area contributed by atoms with E-state index < -0.39 is 11.6 Å². The summed E-state index contributed by atoms with van der Waals surface area (Å²) in [6.07, 6.45) is 2.69. The van der Waals surface area contributed by atoms with Gasteiger partial charge in [0.2, 0.25) is 0 Å². The van der Waals surface area contributed by atoms with Gasteiger partial charge in [-0.05, 0) is 58.2 Å². The highest BCUT2D eigenvalue weighted by Gasteiger charge is 2.45. The van der Waals surface area contributed by atoms with Gasteiger partial charge in [-0.3, -0.25) is 14.6 Å². The molecule has 0 N–H and O–H groups in total. The third-order valence-corrected chi connectivity index (χ3v) is 5.76. The van der Waals surface area contributed by atoms with E-state index in [1.165, 1.54) is 5.56 Å². The average molecular weight is 371 g/mol. The first-order chi connectivity index (χ1) is 12.8. The number of benzene rings is 1. The maximum Gasteiger partial charge on any atom is 0.411 e. The third-order valence-electron chi connectivity index (χ3n) is 5.76. The lowest BCUT2D eigenvalue weighted by atomic mass is 10.1. The number of ether oxygens (including phenoxy) is 1. The molecule has 3 heterocycles. The first-order valence-corrected chi connectivity index (χ1v) is 9.96. The number of rotatable bonds is 1. The number of piperazine rings is 1. The Morgan fingerprint density at radius 3 is 2.67 bits per heavy atom. The van der Waals surface area contributed by atoms with E-state index in [0.717, 1.165) is 31.5 Å². The van der Waals surface area contributed by atoms with Crippen molar-refractivity contribution in [2.75, 3.05) is 31.1 Å². The van der Waals surface area contributed by atoms with Crippen LogP contribution in [0.3, 0.4) is 0 Å². The van der Waals surface area contributed by atoms with Crippen molar-refractivity contribution in [2.45, 2.75) is 57.7 Å². The number of fused-ring (bicyclic) bond motifs is 2. The number of nitrogens with zero attached hydrogens (tertiary/aromatic N) is 3. The Labute approximate surface area is 161 Å². The van der Waals surface area contributed by atoms with Gasteiger partial charge in [0.05, 0.1) is 0 Å². The summed E-state index contributed by atoms with van der Waals surface area (Å²) in [4.78, 5) is 32.3. The molecule has 0 spiro atoms. The van der Waals surface area contributed by atoms with Crippen LogP contribution in [-0.4, -0.2) is 65.7 Å². The molecule has 0 radical (unpaired) electrons. The average Bonchev–Trinajstić information content (AvgIpc) is 3.24. The van der Waals surface area contributed by atoms with Crippen molar-refractivity contribution >= 4 is 17.7 Å². The van der Waals surface area contributed by atoms with E-state index in [-0.39, 0.29) is 12.0 Å². The highest BCUT2D eigenvalue weighted by molar-refractivity contribution is 6.00. The molecule has 3 aliphatic heterocycles. The number of carbonyl (C=O) groups excluding carboxylic acids is 2. The van der Waals surface area contributed by atoms with E-state index in [1.54, 1.807) is 4.90 Å². The normalized spacial score (nSPS) is 25.3. The van der Waals surface area contributed by atoms with Gasteiger partial charge >= 0.3 is 6.09 Å². The van der Waals surface area contributed by atoms with Crippen LogP contribution in [0.2, 0.25) is 0 Å². The minimum absolute atomic E-state index is 0.0103. The number of hydrogen-bond donors (Lipinski definition) is 0. The Bertz CT molecular complexity index is 742. The molecule has 2 fully saturated rings. The van der Waals surface area contributed by atoms with Crippen LogP contribution < -0.4 is 4.90 Å². The van der Waals surface area contributed by atoms with Crippen LogP contribution in [0.25, 0.3) is 0 Å². The molecule has 0 aromatic heterocycles. The SMILES string of the molecule is CC(C)(C)OC(=O)N1C[C@H]2CCCN2C[C@H]1C(=O)N1CCc2ccccc21. The van der Waals surface area contributed by atoms with Gasteiger partial charge in [-0.25, -0.2) is 4.79 Å². The summed E-state index contributed by atoms with van der Waals surface area (Å²) in [5.41, 5.74) is 1.61. The molecule has 3 aliphatic rings. The molecule has 2 atom stereocenters. The summed E-state index contributed by atoms with van der Waals surface area (Å²) in [6.45, 7) is 8.45. The quantitative estimate of drug-likeness (QED) is 0.762. The summed E-state index contributed by atoms with van der Waals surface area (Å²) >= 11 is 0. The minimum atomic E-state index is -0.572. The summed E-state index contributed by atoms with van der Waals surface area (Å²) in [5, 5.41) is 0. The summed E-state index contributed by atoms with van der Waals surface area (Å²) < 4.78 is 5.64. The van der Waals surface area contributed by atoms with E-state index >= 15 is 0 Å². The molecule has 1 aromatic rings. The van der Waals surface area contributed by atoms with Crippen molar-refractivity contribution < 1.29 is 14.3 Å². The van der Waals surface area contributed by atoms with Gasteiger partial charge in [0, 0.05) is 31.4 Å². The van der Waals surface area contributed by atoms with Gasteiger partial charge in [-0.1, -0.05) is 18.2 Å². The molecule has 27 heavy (non-hydrogen) atoms. The van der Waals surface area contributed by atoms with E-state index in [1.807, 2.05) is 43.9 Å². The van der Waals surface area contributed by atoms with Crippen LogP contribution in [0.5, 0.6) is 0 Å². The molecule has 0 bridgehead atoms. The van der Waals surface area contributed by atoms with Crippen LogP contribution in [0.4, 0.5) is 10.5 Å². The molecular weight excluding hydrogens is 342 g/mol. The molecule has 4 rings (SSSR count). The Kier molecular flexibility index (Phi) is 4.62. The first-order valence-electron chi connectivity index (χ1n) is 9.96. The molecule has 0 unspecified atom stereocenters. The Morgan fingerprint density at radius 2 is 1.89 bits per heavy atom. The molecule has 0 saturated carbocycles. The summed E-state index contributed by atoms with van der Waals surface area (Å²) in [7, 11) is 0. The smallest absolute Gasteiger partial charge is 0.411 e. The molecular formula is C21H29N3O3. The van der Waals surface area contributed by atoms with E-state index in [9.17, 15) is 9.59 Å². The van der Waals surface area contributed by atoms with Crippen molar-refractivity contribution in [1.82, 2.24) is 9.80 Å². The molecule has 0 aliphatic carbocycles. The van der Waals surface area contributed by atoms with Crippen molar-refractivity contribution in [3.8, 4) is 0 Å². The number of anilines is 1. The predicted molar refractivity (Wildman–Crippen MR) is 104 cm³/mol. The fraction of sp³-hybridized carbons (Fsp3) is 0.619. The van der Waals surface area contributed by atoms with Crippen molar-refractivity contribution in [3.05, 3.63) is 29.8 Å². The van der Waals surface area contributed by atoms with E-state index in [0.29, 0.717) is 25.7 Å². The molecule has 146 valence electrons. The maximum absolute atomic E-state index is 13.5. The fourth-order valence-electron chi connectivity index (χ4n) is 4.50. The monoisotopic (exact) mass is 371 g/mol. The van der Waals surface area contributed by atoms with Gasteiger partial charge in [-0.15, -0.1) is 0 Å². The molecule has 2 saturated heterocycles. The second kappa shape index (κ2) is 6.82. The lowest BCUT2D eigenvalue weighted by Gasteiger charge is -2.43. The Hall–Kier alpha value is -2.08. The van der Waals surface area contributed by atoms with Gasteiger partial charge < -0.3 is 9.64 Å². The second-order valence-corrected chi connectivity index (χ2v) is 8.81. The molecule has 6 nitrogen and oxygen atoms in total. The Balaban J connectivity index is 1.59. The van der Waals surface area contributed by atoms with Crippen LogP contribution in [0.15, 0.2) is 24.3 Å². The number of para-hydroxylation sites is 1. The van der Waals surface area contributed by atoms with E-state index in [4.69, 9.17) is 4.74 Å². The molecule has 6 heteroatoms. The van der Waals surface area contributed by atoms with Gasteiger partial charge in [0.25, 0.3) is 5.91 Å². The fourth-order valence-corrected chi connectivity index (χ4v) is 4.50. The number of amides is 2. The highest BCUT2D eigenvalue weighted by atomic mass is 16.6. The van der Waals surface area contributed by atoms with Gasteiger partial charge in [0.15, 0.2) is 0 Å². The minimum Gasteiger partial charge on any atom is -0.444 e. The zero-order chi connectivity index (χ0) is 19.2. The molecule has 2 amide bonds. The largest absolute Gasteiger partial charge is 0.444 e. The maximum atomic E-state index is 13.5. The summed E-state index contributed by atoms with van der Waals surface area (Å²) in [5.74, 6) is 0.0103. The highest BCUT2D eigenvalue weighted by Crippen LogP contribution is 2.31. The van der Waals surface area contributed by atoms with Crippen LogP contribution in [0, 0.1) is 0 Å². The standard InChI is InChI=1S/C21H29N3O3/c1-21(2,3)27-20(26)24-13-16-8-6-11-22(16)14-18(24)19(25)23-12-10-15-7-4-5-9-17(15)23/h4-5,7,9,16,18H,6,8,10-14H2,1-3H3/t16-,18+/m1/s1. The van der Waals surface area contributed by atoms with E-state index in [2.05, 4.69) is 11.0 Å². The zero-order valence-electron chi connectivity index (χ0n) is 16.5. The number of carbonyl (C=O) groups is 2. The van der Waals surface area contributed by atoms with Gasteiger partial charge in [0.1, 0.15) is 11.6 Å².